The molecule has 0 radical (unpaired) electrons. The Kier molecular flexibility index (Phi) is 4.46. The van der Waals surface area contributed by atoms with Crippen molar-refractivity contribution in [3.63, 3.8) is 0 Å². The van der Waals surface area contributed by atoms with Crippen LogP contribution in [0, 0.1) is 22.0 Å². The van der Waals surface area contributed by atoms with Crippen molar-refractivity contribution < 1.29 is 13.5 Å². The van der Waals surface area contributed by atoms with E-state index in [1.165, 1.54) is 24.1 Å². The summed E-state index contributed by atoms with van der Waals surface area (Å²) in [5.41, 5.74) is 2.25. The van der Waals surface area contributed by atoms with Gasteiger partial charge in [0.1, 0.15) is 5.75 Å². The molecule has 8 heteroatoms. The highest BCUT2D eigenvalue weighted by atomic mass is 32.1. The minimum absolute atomic E-state index is 0.0899. The quantitative estimate of drug-likeness (QED) is 0.575. The molecule has 1 heterocycles. The van der Waals surface area contributed by atoms with Crippen LogP contribution >= 0.6 is 12.2 Å². The van der Waals surface area contributed by atoms with E-state index in [1.807, 2.05) is 6.21 Å². The third-order valence-corrected chi connectivity index (χ3v) is 6.09. The number of halogens is 2. The van der Waals surface area contributed by atoms with E-state index >= 15 is 0 Å². The lowest BCUT2D eigenvalue weighted by molar-refractivity contribution is -0.0498. The molecule has 3 aliphatic carbocycles. The number of fused-ring (bicyclic) bond motifs is 1. The second-order valence-electron chi connectivity index (χ2n) is 7.56. The number of ether oxygens (including phenoxy) is 1. The number of nitrogens with one attached hydrogen (secondary N) is 1. The molecule has 2 bridgehead atoms. The smallest absolute Gasteiger partial charge is 0.387 e. The van der Waals surface area contributed by atoms with Crippen molar-refractivity contribution in [2.45, 2.75) is 33.3 Å². The van der Waals surface area contributed by atoms with Crippen molar-refractivity contribution in [1.82, 2.24) is 14.9 Å². The molecule has 2 unspecified atom stereocenters. The van der Waals surface area contributed by atoms with Gasteiger partial charge >= 0.3 is 6.61 Å². The minimum Gasteiger partial charge on any atom is -0.435 e. The summed E-state index contributed by atoms with van der Waals surface area (Å²) in [5, 5.41) is 11.5. The third kappa shape index (κ3) is 3.22. The zero-order valence-corrected chi connectivity index (χ0v) is 15.8. The predicted octanol–water partition coefficient (Wildman–Crippen LogP) is 5.04. The number of H-pyrrole nitrogens is 1. The fraction of sp³-hybridized carbons (Fsp3) is 0.421. The summed E-state index contributed by atoms with van der Waals surface area (Å²) in [6, 6.07) is 6.23. The zero-order valence-electron chi connectivity index (χ0n) is 15.0. The molecule has 27 heavy (non-hydrogen) atoms. The van der Waals surface area contributed by atoms with Gasteiger partial charge < -0.3 is 4.74 Å². The van der Waals surface area contributed by atoms with Gasteiger partial charge in [-0.1, -0.05) is 19.9 Å². The van der Waals surface area contributed by atoms with Gasteiger partial charge in [0.15, 0.2) is 5.82 Å². The monoisotopic (exact) mass is 390 g/mol. The van der Waals surface area contributed by atoms with E-state index < -0.39 is 6.61 Å². The Morgan fingerprint density at radius 3 is 2.74 bits per heavy atom. The van der Waals surface area contributed by atoms with E-state index in [9.17, 15) is 8.78 Å². The van der Waals surface area contributed by atoms with Crippen LogP contribution in [0.2, 0.25) is 0 Å². The first-order chi connectivity index (χ1) is 12.9. The Morgan fingerprint density at radius 1 is 1.37 bits per heavy atom. The average Bonchev–Trinajstić information content (AvgIpc) is 3.00. The van der Waals surface area contributed by atoms with Gasteiger partial charge in [-0.15, -0.1) is 0 Å². The molecule has 0 saturated heterocycles. The molecule has 0 spiro atoms. The third-order valence-electron chi connectivity index (χ3n) is 5.82. The Labute approximate surface area is 160 Å². The molecule has 2 atom stereocenters. The summed E-state index contributed by atoms with van der Waals surface area (Å²) < 4.78 is 30.9. The molecular weight excluding hydrogens is 370 g/mol. The second-order valence-corrected chi connectivity index (χ2v) is 7.94. The van der Waals surface area contributed by atoms with E-state index in [0.717, 1.165) is 12.3 Å². The minimum atomic E-state index is -2.85. The van der Waals surface area contributed by atoms with E-state index in [2.05, 4.69) is 40.0 Å². The normalized spacial score (nSPS) is 23.4. The number of alkyl halides is 2. The van der Waals surface area contributed by atoms with Crippen LogP contribution in [-0.2, 0) is 0 Å². The number of aromatic amines is 1. The summed E-state index contributed by atoms with van der Waals surface area (Å²) in [5.74, 6) is 1.89. The summed E-state index contributed by atoms with van der Waals surface area (Å²) in [6.45, 7) is 1.77. The molecule has 1 fully saturated rings. The zero-order chi connectivity index (χ0) is 19.2. The van der Waals surface area contributed by atoms with Gasteiger partial charge in [0.2, 0.25) is 4.77 Å². The first-order valence-corrected chi connectivity index (χ1v) is 9.24. The van der Waals surface area contributed by atoms with Crippen molar-refractivity contribution in [3.8, 4) is 17.1 Å². The molecule has 5 rings (SSSR count). The summed E-state index contributed by atoms with van der Waals surface area (Å²) >= 11 is 5.29. The van der Waals surface area contributed by atoms with Crippen LogP contribution in [0.15, 0.2) is 41.0 Å². The number of hydrogen-bond donors (Lipinski definition) is 1. The highest BCUT2D eigenvalue weighted by molar-refractivity contribution is 7.71. The molecule has 0 amide bonds. The van der Waals surface area contributed by atoms with Gasteiger partial charge in [0.05, 0.1) is 6.21 Å². The molecule has 2 aromatic rings. The van der Waals surface area contributed by atoms with Crippen molar-refractivity contribution in [3.05, 3.63) is 40.7 Å². The predicted molar refractivity (Wildman–Crippen MR) is 101 cm³/mol. The molecule has 1 aromatic heterocycles. The lowest BCUT2D eigenvalue weighted by atomic mass is 9.49. The van der Waals surface area contributed by atoms with Crippen LogP contribution in [0.1, 0.15) is 26.7 Å². The van der Waals surface area contributed by atoms with Crippen LogP contribution in [-0.4, -0.2) is 27.7 Å². The average molecular weight is 390 g/mol. The van der Waals surface area contributed by atoms with Gasteiger partial charge in [-0.25, -0.2) is 5.10 Å². The molecular formula is C19H20F2N4OS. The van der Waals surface area contributed by atoms with Crippen molar-refractivity contribution in [2.24, 2.45) is 22.4 Å². The highest BCUT2D eigenvalue weighted by Gasteiger charge is 2.50. The first-order valence-electron chi connectivity index (χ1n) is 8.83. The van der Waals surface area contributed by atoms with Crippen LogP contribution in [0.3, 0.4) is 0 Å². The van der Waals surface area contributed by atoms with Crippen LogP contribution in [0.25, 0.3) is 11.4 Å². The van der Waals surface area contributed by atoms with E-state index in [-0.39, 0.29) is 5.75 Å². The van der Waals surface area contributed by atoms with Crippen LogP contribution < -0.4 is 4.74 Å². The largest absolute Gasteiger partial charge is 0.435 e. The summed E-state index contributed by atoms with van der Waals surface area (Å²) in [6.07, 6.45) is 6.42. The molecule has 5 nitrogen and oxygen atoms in total. The summed E-state index contributed by atoms with van der Waals surface area (Å²) in [4.78, 5) is 0. The van der Waals surface area contributed by atoms with Crippen LogP contribution in [0.5, 0.6) is 5.75 Å². The topological polar surface area (TPSA) is 55.2 Å². The molecule has 1 saturated carbocycles. The molecule has 3 aliphatic rings. The van der Waals surface area contributed by atoms with E-state index in [4.69, 9.17) is 12.2 Å². The van der Waals surface area contributed by atoms with Crippen molar-refractivity contribution in [1.29, 1.82) is 0 Å². The van der Waals surface area contributed by atoms with E-state index in [0.29, 0.717) is 27.5 Å². The Morgan fingerprint density at radius 2 is 2.11 bits per heavy atom. The fourth-order valence-electron chi connectivity index (χ4n) is 4.04. The van der Waals surface area contributed by atoms with Gasteiger partial charge in [-0.3, -0.25) is 0 Å². The highest BCUT2D eigenvalue weighted by Crippen LogP contribution is 2.58. The van der Waals surface area contributed by atoms with Gasteiger partial charge in [-0.2, -0.15) is 23.7 Å². The maximum atomic E-state index is 12.3. The number of rotatable bonds is 5. The SMILES string of the molecule is CC1(C)C2CC=C(/C=N/n3c(-c4ccc(OC(F)F)cc4)n[nH]c3=S)C1C2. The maximum absolute atomic E-state index is 12.3. The Hall–Kier alpha value is -2.35. The number of benzene rings is 1. The van der Waals surface area contributed by atoms with E-state index in [1.54, 1.807) is 16.8 Å². The maximum Gasteiger partial charge on any atom is 0.387 e. The van der Waals surface area contributed by atoms with Gasteiger partial charge in [0, 0.05) is 5.56 Å². The van der Waals surface area contributed by atoms with Gasteiger partial charge in [-0.05, 0) is 72.1 Å². The Bertz CT molecular complexity index is 959. The number of nitrogens with zero attached hydrogens (tertiary/aromatic N) is 3. The van der Waals surface area contributed by atoms with Crippen molar-refractivity contribution >= 4 is 18.4 Å². The molecule has 1 N–H and O–H groups in total. The first kappa shape index (κ1) is 18.0. The lowest BCUT2D eigenvalue weighted by Crippen LogP contribution is -2.48. The molecule has 142 valence electrons. The fourth-order valence-corrected chi connectivity index (χ4v) is 4.22. The standard InChI is InChI=1S/C19H20F2N4OS/c1-19(2)13-6-3-12(15(19)9-13)10-22-25-16(23-24-18(25)27)11-4-7-14(8-5-11)26-17(20)21/h3-5,7-8,10,13,15,17H,6,9H2,1-2H3,(H,24,27)/b22-10+. The summed E-state index contributed by atoms with van der Waals surface area (Å²) in [7, 11) is 0. The molecule has 1 aromatic carbocycles. The Balaban J connectivity index is 1.59. The number of allylic oxidation sites excluding steroid dienone is 2. The van der Waals surface area contributed by atoms with Crippen LogP contribution in [0.4, 0.5) is 8.78 Å². The van der Waals surface area contributed by atoms with Crippen molar-refractivity contribution in [2.75, 3.05) is 0 Å². The molecule has 0 aliphatic heterocycles. The van der Waals surface area contributed by atoms with Gasteiger partial charge in [0.25, 0.3) is 0 Å². The second kappa shape index (κ2) is 6.67. The number of aromatic nitrogens is 3. The lowest BCUT2D eigenvalue weighted by Gasteiger charge is -2.55. The number of hydrogen-bond acceptors (Lipinski definition) is 4.